The number of rotatable bonds is 12. The Morgan fingerprint density at radius 3 is 2.15 bits per heavy atom. The van der Waals surface area contributed by atoms with Crippen LogP contribution in [-0.4, -0.2) is 58.5 Å². The van der Waals surface area contributed by atoms with E-state index in [0.717, 1.165) is 0 Å². The topological polar surface area (TPSA) is 134 Å². The molecule has 2 N–H and O–H groups in total. The summed E-state index contributed by atoms with van der Waals surface area (Å²) < 4.78 is 27.4. The highest BCUT2D eigenvalue weighted by atomic mass is 79.9. The average molecular weight is 614 g/mol. The number of methoxy groups -OCH3 is 3. The van der Waals surface area contributed by atoms with Gasteiger partial charge < -0.3 is 29.0 Å². The Morgan fingerprint density at radius 1 is 0.875 bits per heavy atom. The minimum absolute atomic E-state index is 0.207. The quantitative estimate of drug-likeness (QED) is 0.136. The summed E-state index contributed by atoms with van der Waals surface area (Å²) in [6, 6.07) is 14.5. The number of halogens is 1. The number of hydrogen-bond acceptors (Lipinski definition) is 9. The molecular formula is C28H28BrN3O8. The zero-order chi connectivity index (χ0) is 29.1. The molecule has 0 atom stereocenters. The number of carbonyl (C=O) groups excluding carboxylic acids is 3. The molecule has 0 aliphatic carbocycles. The Balaban J connectivity index is 1.61. The summed E-state index contributed by atoms with van der Waals surface area (Å²) in [5.41, 5.74) is 3.30. The van der Waals surface area contributed by atoms with Gasteiger partial charge in [0.1, 0.15) is 11.5 Å². The van der Waals surface area contributed by atoms with Crippen LogP contribution in [0.5, 0.6) is 28.7 Å². The monoisotopic (exact) mass is 613 g/mol. The van der Waals surface area contributed by atoms with Crippen LogP contribution in [0.1, 0.15) is 33.2 Å². The van der Waals surface area contributed by atoms with Crippen LogP contribution in [0, 0.1) is 0 Å². The summed E-state index contributed by atoms with van der Waals surface area (Å²) in [5, 5.41) is 6.42. The molecule has 0 aliphatic heterocycles. The molecule has 0 unspecified atom stereocenters. The van der Waals surface area contributed by atoms with Gasteiger partial charge in [0.15, 0.2) is 11.5 Å². The van der Waals surface area contributed by atoms with E-state index in [1.165, 1.54) is 39.7 Å². The summed E-state index contributed by atoms with van der Waals surface area (Å²) in [5.74, 6) is 0.128. The molecule has 0 fully saturated rings. The van der Waals surface area contributed by atoms with Gasteiger partial charge in [0.2, 0.25) is 5.75 Å². The second-order valence-electron chi connectivity index (χ2n) is 7.92. The lowest BCUT2D eigenvalue weighted by molar-refractivity contribution is -0.120. The van der Waals surface area contributed by atoms with Gasteiger partial charge in [0, 0.05) is 15.6 Å². The van der Waals surface area contributed by atoms with Gasteiger partial charge in [-0.3, -0.25) is 9.59 Å². The molecule has 0 spiro atoms. The molecule has 40 heavy (non-hydrogen) atoms. The number of nitrogens with zero attached hydrogens (tertiary/aromatic N) is 1. The lowest BCUT2D eigenvalue weighted by atomic mass is 10.1. The first-order valence-corrected chi connectivity index (χ1v) is 12.7. The second-order valence-corrected chi connectivity index (χ2v) is 8.83. The van der Waals surface area contributed by atoms with E-state index in [1.54, 1.807) is 42.5 Å². The third kappa shape index (κ3) is 7.96. The highest BCUT2D eigenvalue weighted by Crippen LogP contribution is 2.38. The molecule has 0 saturated heterocycles. The molecule has 0 bridgehead atoms. The molecule has 3 aromatic carbocycles. The predicted octanol–water partition coefficient (Wildman–Crippen LogP) is 3.97. The lowest BCUT2D eigenvalue weighted by Gasteiger charge is -2.14. The summed E-state index contributed by atoms with van der Waals surface area (Å²) in [4.78, 5) is 37.5. The van der Waals surface area contributed by atoms with Gasteiger partial charge in [0.05, 0.1) is 46.3 Å². The zero-order valence-electron chi connectivity index (χ0n) is 22.3. The zero-order valence-corrected chi connectivity index (χ0v) is 23.9. The van der Waals surface area contributed by atoms with Crippen LogP contribution >= 0.6 is 15.9 Å². The van der Waals surface area contributed by atoms with Crippen LogP contribution in [0.25, 0.3) is 0 Å². The number of ether oxygens (including phenoxy) is 5. The second kappa shape index (κ2) is 14.5. The molecule has 11 nitrogen and oxygen atoms in total. The molecule has 0 saturated carbocycles. The normalized spacial score (nSPS) is 10.5. The van der Waals surface area contributed by atoms with E-state index in [9.17, 15) is 14.4 Å². The van der Waals surface area contributed by atoms with E-state index >= 15 is 0 Å². The van der Waals surface area contributed by atoms with E-state index < -0.39 is 17.8 Å². The van der Waals surface area contributed by atoms with E-state index in [-0.39, 0.29) is 17.9 Å². The number of benzene rings is 3. The van der Waals surface area contributed by atoms with Crippen LogP contribution in [0.2, 0.25) is 0 Å². The maximum atomic E-state index is 12.6. The van der Waals surface area contributed by atoms with E-state index in [0.29, 0.717) is 45.2 Å². The Morgan fingerprint density at radius 2 is 1.55 bits per heavy atom. The van der Waals surface area contributed by atoms with Gasteiger partial charge in [0.25, 0.3) is 11.8 Å². The predicted molar refractivity (Wildman–Crippen MR) is 151 cm³/mol. The standard InChI is InChI=1S/C28H28BrN3O8/c1-5-39-21-9-6-17(7-10-21)28(35)40-22-11-8-20(29)12-19(22)15-31-32-25(33)16-30-27(34)18-13-23(36-2)26(38-4)24(14-18)37-3/h6-15H,5,16H2,1-4H3,(H,30,34)(H,32,33)/b31-15-. The third-order valence-electron chi connectivity index (χ3n) is 5.30. The Hall–Kier alpha value is -4.58. The minimum atomic E-state index is -0.583. The number of nitrogens with one attached hydrogen (secondary N) is 2. The van der Waals surface area contributed by atoms with E-state index in [4.69, 9.17) is 23.7 Å². The fraction of sp³-hybridized carbons (Fsp3) is 0.214. The maximum absolute atomic E-state index is 12.6. The van der Waals surface area contributed by atoms with Crippen molar-refractivity contribution in [1.29, 1.82) is 0 Å². The van der Waals surface area contributed by atoms with E-state index in [2.05, 4.69) is 31.8 Å². The first kappa shape index (κ1) is 30.0. The van der Waals surface area contributed by atoms with Crippen molar-refractivity contribution in [2.45, 2.75) is 6.92 Å². The minimum Gasteiger partial charge on any atom is -0.494 e. The average Bonchev–Trinajstić information content (AvgIpc) is 2.96. The van der Waals surface area contributed by atoms with Crippen LogP contribution in [0.15, 0.2) is 64.2 Å². The number of hydrazone groups is 1. The summed E-state index contributed by atoms with van der Waals surface area (Å²) in [6.07, 6.45) is 1.32. The summed E-state index contributed by atoms with van der Waals surface area (Å²) in [6.45, 7) is 2.03. The van der Waals surface area contributed by atoms with Crippen LogP contribution in [-0.2, 0) is 4.79 Å². The highest BCUT2D eigenvalue weighted by molar-refractivity contribution is 9.10. The van der Waals surface area contributed by atoms with Crippen molar-refractivity contribution >= 4 is 39.9 Å². The van der Waals surface area contributed by atoms with Crippen molar-refractivity contribution in [2.24, 2.45) is 5.10 Å². The SMILES string of the molecule is CCOc1ccc(C(=O)Oc2ccc(Br)cc2/C=N\NC(=O)CNC(=O)c2cc(OC)c(OC)c(OC)c2)cc1. The molecule has 0 aliphatic rings. The molecule has 0 radical (unpaired) electrons. The first-order chi connectivity index (χ1) is 19.3. The first-order valence-electron chi connectivity index (χ1n) is 11.9. The smallest absolute Gasteiger partial charge is 0.343 e. The van der Waals surface area contributed by atoms with Gasteiger partial charge in [-0.1, -0.05) is 15.9 Å². The third-order valence-corrected chi connectivity index (χ3v) is 5.80. The van der Waals surface area contributed by atoms with Crippen LogP contribution in [0.4, 0.5) is 0 Å². The Labute approximate surface area is 239 Å². The molecule has 0 heterocycles. The fourth-order valence-corrected chi connectivity index (χ4v) is 3.79. The molecule has 3 aromatic rings. The van der Waals surface area contributed by atoms with Crippen molar-refractivity contribution in [1.82, 2.24) is 10.7 Å². The molecule has 0 aromatic heterocycles. The summed E-state index contributed by atoms with van der Waals surface area (Å²) in [7, 11) is 4.32. The Kier molecular flexibility index (Phi) is 10.9. The van der Waals surface area contributed by atoms with Crippen molar-refractivity contribution in [2.75, 3.05) is 34.5 Å². The largest absolute Gasteiger partial charge is 0.494 e. The molecule has 12 heteroatoms. The van der Waals surface area contributed by atoms with Gasteiger partial charge in [-0.15, -0.1) is 0 Å². The fourth-order valence-electron chi connectivity index (χ4n) is 3.41. The van der Waals surface area contributed by atoms with Crippen LogP contribution in [0.3, 0.4) is 0 Å². The van der Waals surface area contributed by atoms with Crippen molar-refractivity contribution < 1.29 is 38.1 Å². The number of hydrogen-bond donors (Lipinski definition) is 2. The van der Waals surface area contributed by atoms with Gasteiger partial charge >= 0.3 is 5.97 Å². The van der Waals surface area contributed by atoms with Gasteiger partial charge in [-0.05, 0) is 61.5 Å². The Bertz CT molecular complexity index is 1370. The highest BCUT2D eigenvalue weighted by Gasteiger charge is 2.17. The number of esters is 1. The number of amides is 2. The van der Waals surface area contributed by atoms with Crippen molar-refractivity contribution in [3.8, 4) is 28.7 Å². The van der Waals surface area contributed by atoms with Crippen LogP contribution < -0.4 is 34.4 Å². The van der Waals surface area contributed by atoms with Gasteiger partial charge in [-0.2, -0.15) is 5.10 Å². The number of carbonyl (C=O) groups is 3. The van der Waals surface area contributed by atoms with Crippen molar-refractivity contribution in [3.05, 3.63) is 75.8 Å². The molecule has 210 valence electrons. The van der Waals surface area contributed by atoms with Crippen molar-refractivity contribution in [3.63, 3.8) is 0 Å². The molecular weight excluding hydrogens is 586 g/mol. The summed E-state index contributed by atoms with van der Waals surface area (Å²) >= 11 is 3.37. The maximum Gasteiger partial charge on any atom is 0.343 e. The van der Waals surface area contributed by atoms with E-state index in [1.807, 2.05) is 6.92 Å². The lowest BCUT2D eigenvalue weighted by Crippen LogP contribution is -2.35. The van der Waals surface area contributed by atoms with Gasteiger partial charge in [-0.25, -0.2) is 10.2 Å². The molecule has 2 amide bonds. The molecule has 3 rings (SSSR count).